The standard InChI is InChI=1S/C14H12N2O3S/c17-13(18)11-5-6-20-12(11)15-14(19)16-7-9-3-1-2-4-10(9)8-16/h1-6H,7-8H2,(H,15,19)(H,17,18). The molecule has 0 fully saturated rings. The summed E-state index contributed by atoms with van der Waals surface area (Å²) in [5.74, 6) is -1.04. The molecule has 20 heavy (non-hydrogen) atoms. The van der Waals surface area contributed by atoms with E-state index in [0.29, 0.717) is 18.1 Å². The maximum atomic E-state index is 12.2. The molecular weight excluding hydrogens is 276 g/mol. The van der Waals surface area contributed by atoms with Gasteiger partial charge in [0.15, 0.2) is 0 Å². The highest BCUT2D eigenvalue weighted by Crippen LogP contribution is 2.26. The number of fused-ring (bicyclic) bond motifs is 1. The first-order valence-electron chi connectivity index (χ1n) is 6.08. The van der Waals surface area contributed by atoms with Crippen LogP contribution in [0, 0.1) is 0 Å². The number of rotatable bonds is 2. The molecule has 2 aromatic rings. The minimum atomic E-state index is -1.04. The number of carbonyl (C=O) groups excluding carboxylic acids is 1. The van der Waals surface area contributed by atoms with Gasteiger partial charge in [0.25, 0.3) is 0 Å². The van der Waals surface area contributed by atoms with Gasteiger partial charge in [-0.3, -0.25) is 5.32 Å². The molecule has 6 heteroatoms. The lowest BCUT2D eigenvalue weighted by atomic mass is 10.1. The molecule has 0 aliphatic carbocycles. The summed E-state index contributed by atoms with van der Waals surface area (Å²) in [6.07, 6.45) is 0. The lowest BCUT2D eigenvalue weighted by molar-refractivity contribution is 0.0698. The van der Waals surface area contributed by atoms with E-state index in [0.717, 1.165) is 11.1 Å². The summed E-state index contributed by atoms with van der Waals surface area (Å²) in [5, 5.41) is 13.7. The highest BCUT2D eigenvalue weighted by atomic mass is 32.1. The number of anilines is 1. The van der Waals surface area contributed by atoms with Crippen LogP contribution in [0.2, 0.25) is 0 Å². The minimum absolute atomic E-state index is 0.125. The number of thiophene rings is 1. The molecule has 0 atom stereocenters. The second-order valence-electron chi connectivity index (χ2n) is 4.52. The van der Waals surface area contributed by atoms with Gasteiger partial charge < -0.3 is 10.0 Å². The smallest absolute Gasteiger partial charge is 0.338 e. The van der Waals surface area contributed by atoms with Crippen molar-refractivity contribution in [3.8, 4) is 0 Å². The molecule has 0 saturated heterocycles. The molecule has 0 bridgehead atoms. The Morgan fingerprint density at radius 1 is 1.15 bits per heavy atom. The van der Waals surface area contributed by atoms with Gasteiger partial charge in [0.05, 0.1) is 5.56 Å². The summed E-state index contributed by atoms with van der Waals surface area (Å²) in [7, 11) is 0. The molecule has 0 spiro atoms. The predicted octanol–water partition coefficient (Wildman–Crippen LogP) is 2.99. The number of carboxylic acids is 1. The summed E-state index contributed by atoms with van der Waals surface area (Å²) in [5.41, 5.74) is 2.39. The molecule has 1 aliphatic heterocycles. The van der Waals surface area contributed by atoms with Crippen molar-refractivity contribution < 1.29 is 14.7 Å². The van der Waals surface area contributed by atoms with Gasteiger partial charge in [-0.05, 0) is 22.6 Å². The molecule has 102 valence electrons. The van der Waals surface area contributed by atoms with Gasteiger partial charge in [-0.15, -0.1) is 11.3 Å². The van der Waals surface area contributed by atoms with Crippen molar-refractivity contribution in [3.05, 3.63) is 52.4 Å². The van der Waals surface area contributed by atoms with E-state index in [9.17, 15) is 9.59 Å². The van der Waals surface area contributed by atoms with Crippen LogP contribution in [0.25, 0.3) is 0 Å². The van der Waals surface area contributed by atoms with Gasteiger partial charge in [0.2, 0.25) is 0 Å². The quantitative estimate of drug-likeness (QED) is 0.892. The normalized spacial score (nSPS) is 13.1. The van der Waals surface area contributed by atoms with Crippen LogP contribution in [0.5, 0.6) is 0 Å². The number of hydrogen-bond acceptors (Lipinski definition) is 3. The van der Waals surface area contributed by atoms with Gasteiger partial charge >= 0.3 is 12.0 Å². The summed E-state index contributed by atoms with van der Waals surface area (Å²) in [4.78, 5) is 24.9. The average Bonchev–Trinajstić information content (AvgIpc) is 3.03. The minimum Gasteiger partial charge on any atom is -0.478 e. The van der Waals surface area contributed by atoms with Crippen LogP contribution >= 0.6 is 11.3 Å². The number of nitrogens with zero attached hydrogens (tertiary/aromatic N) is 1. The molecule has 2 amide bonds. The van der Waals surface area contributed by atoms with Crippen molar-refractivity contribution in [1.29, 1.82) is 0 Å². The van der Waals surface area contributed by atoms with Crippen LogP contribution in [0.3, 0.4) is 0 Å². The number of aromatic carboxylic acids is 1. The third-order valence-electron chi connectivity index (χ3n) is 3.24. The van der Waals surface area contributed by atoms with Gasteiger partial charge in [0.1, 0.15) is 5.00 Å². The van der Waals surface area contributed by atoms with E-state index < -0.39 is 5.97 Å². The third kappa shape index (κ3) is 2.25. The Balaban J connectivity index is 1.73. The Morgan fingerprint density at radius 3 is 2.40 bits per heavy atom. The molecule has 3 rings (SSSR count). The number of nitrogens with one attached hydrogen (secondary N) is 1. The molecule has 1 aromatic heterocycles. The molecule has 2 N–H and O–H groups in total. The predicted molar refractivity (Wildman–Crippen MR) is 76.0 cm³/mol. The zero-order valence-corrected chi connectivity index (χ0v) is 11.3. The first-order valence-corrected chi connectivity index (χ1v) is 6.96. The summed E-state index contributed by atoms with van der Waals surface area (Å²) >= 11 is 1.21. The SMILES string of the molecule is O=C(O)c1ccsc1NC(=O)N1Cc2ccccc2C1. The Morgan fingerprint density at radius 2 is 1.80 bits per heavy atom. The lowest BCUT2D eigenvalue weighted by Gasteiger charge is -2.15. The number of amides is 2. The maximum absolute atomic E-state index is 12.2. The topological polar surface area (TPSA) is 69.6 Å². The van der Waals surface area contributed by atoms with E-state index in [1.807, 2.05) is 24.3 Å². The molecule has 0 unspecified atom stereocenters. The zero-order valence-electron chi connectivity index (χ0n) is 10.5. The number of benzene rings is 1. The van der Waals surface area contributed by atoms with E-state index in [1.54, 1.807) is 10.3 Å². The van der Waals surface area contributed by atoms with Crippen LogP contribution in [0.15, 0.2) is 35.7 Å². The van der Waals surface area contributed by atoms with Crippen LogP contribution in [-0.4, -0.2) is 22.0 Å². The van der Waals surface area contributed by atoms with Gasteiger partial charge in [-0.2, -0.15) is 0 Å². The van der Waals surface area contributed by atoms with E-state index >= 15 is 0 Å². The summed E-state index contributed by atoms with van der Waals surface area (Å²) < 4.78 is 0. The Bertz CT molecular complexity index is 656. The molecule has 5 nitrogen and oxygen atoms in total. The Labute approximate surface area is 119 Å². The van der Waals surface area contributed by atoms with Gasteiger partial charge in [-0.1, -0.05) is 24.3 Å². The van der Waals surface area contributed by atoms with E-state index in [2.05, 4.69) is 5.32 Å². The second kappa shape index (κ2) is 4.97. The zero-order chi connectivity index (χ0) is 14.1. The monoisotopic (exact) mass is 288 g/mol. The van der Waals surface area contributed by atoms with Crippen LogP contribution in [0.1, 0.15) is 21.5 Å². The number of carboxylic acid groups (broad SMARTS) is 1. The van der Waals surface area contributed by atoms with Crippen molar-refractivity contribution in [2.45, 2.75) is 13.1 Å². The van der Waals surface area contributed by atoms with Crippen LogP contribution < -0.4 is 5.32 Å². The van der Waals surface area contributed by atoms with Crippen LogP contribution in [0.4, 0.5) is 9.80 Å². The fourth-order valence-electron chi connectivity index (χ4n) is 2.23. The van der Waals surface area contributed by atoms with Crippen molar-refractivity contribution in [2.24, 2.45) is 0 Å². The largest absolute Gasteiger partial charge is 0.478 e. The Hall–Kier alpha value is -2.34. The van der Waals surface area contributed by atoms with Crippen molar-refractivity contribution in [3.63, 3.8) is 0 Å². The first kappa shape index (κ1) is 12.7. The molecular formula is C14H12N2O3S. The Kier molecular flexibility index (Phi) is 3.15. The highest BCUT2D eigenvalue weighted by Gasteiger charge is 2.24. The fraction of sp³-hybridized carbons (Fsp3) is 0.143. The molecule has 2 heterocycles. The molecule has 1 aliphatic rings. The van der Waals surface area contributed by atoms with E-state index in [-0.39, 0.29) is 11.6 Å². The second-order valence-corrected chi connectivity index (χ2v) is 5.44. The van der Waals surface area contributed by atoms with Crippen molar-refractivity contribution >= 4 is 28.3 Å². The number of urea groups is 1. The van der Waals surface area contributed by atoms with Crippen LogP contribution in [-0.2, 0) is 13.1 Å². The number of carbonyl (C=O) groups is 2. The van der Waals surface area contributed by atoms with Gasteiger partial charge in [-0.25, -0.2) is 9.59 Å². The van der Waals surface area contributed by atoms with E-state index in [4.69, 9.17) is 5.11 Å². The van der Waals surface area contributed by atoms with E-state index in [1.165, 1.54) is 17.4 Å². The van der Waals surface area contributed by atoms with Crippen molar-refractivity contribution in [2.75, 3.05) is 5.32 Å². The fourth-order valence-corrected chi connectivity index (χ4v) is 3.00. The first-order chi connectivity index (χ1) is 9.65. The van der Waals surface area contributed by atoms with Crippen molar-refractivity contribution in [1.82, 2.24) is 4.90 Å². The summed E-state index contributed by atoms with van der Waals surface area (Å²) in [6.45, 7) is 1.10. The molecule has 1 aromatic carbocycles. The average molecular weight is 288 g/mol. The summed E-state index contributed by atoms with van der Waals surface area (Å²) in [6, 6.07) is 9.10. The lowest BCUT2D eigenvalue weighted by Crippen LogP contribution is -2.30. The number of hydrogen-bond donors (Lipinski definition) is 2. The van der Waals surface area contributed by atoms with Gasteiger partial charge in [0, 0.05) is 13.1 Å². The molecule has 0 saturated carbocycles. The molecule has 0 radical (unpaired) electrons. The highest BCUT2D eigenvalue weighted by molar-refractivity contribution is 7.14. The third-order valence-corrected chi connectivity index (χ3v) is 4.07. The maximum Gasteiger partial charge on any atom is 0.338 e.